The van der Waals surface area contributed by atoms with E-state index in [-0.39, 0.29) is 30.1 Å². The van der Waals surface area contributed by atoms with Gasteiger partial charge >= 0.3 is 6.09 Å². The van der Waals surface area contributed by atoms with E-state index < -0.39 is 5.60 Å². The number of amides is 1. The summed E-state index contributed by atoms with van der Waals surface area (Å²) in [6, 6.07) is 0.869. The SMILES string of the molecule is CCNC(=NCCN(C(=O)OC(C)(C)C)C1CC1)NC1CCCC1.I. The fourth-order valence-electron chi connectivity index (χ4n) is 2.98. The van der Waals surface area contributed by atoms with Crippen LogP contribution >= 0.6 is 24.0 Å². The van der Waals surface area contributed by atoms with Crippen LogP contribution in [0.5, 0.6) is 0 Å². The highest BCUT2D eigenvalue weighted by Gasteiger charge is 2.34. The van der Waals surface area contributed by atoms with Crippen LogP contribution in [0.1, 0.15) is 66.2 Å². The first-order valence-electron chi connectivity index (χ1n) is 9.43. The third kappa shape index (κ3) is 8.46. The zero-order chi connectivity index (χ0) is 17.6. The minimum Gasteiger partial charge on any atom is -0.444 e. The van der Waals surface area contributed by atoms with Gasteiger partial charge in [0.25, 0.3) is 0 Å². The first-order chi connectivity index (χ1) is 11.4. The number of guanidine groups is 1. The predicted molar refractivity (Wildman–Crippen MR) is 113 cm³/mol. The molecular weight excluding hydrogens is 431 g/mol. The molecule has 0 unspecified atom stereocenters. The zero-order valence-corrected chi connectivity index (χ0v) is 18.5. The second-order valence-corrected chi connectivity index (χ2v) is 7.79. The third-order valence-corrected chi connectivity index (χ3v) is 4.27. The first-order valence-corrected chi connectivity index (χ1v) is 9.43. The molecule has 0 radical (unpaired) electrons. The van der Waals surface area contributed by atoms with E-state index in [0.717, 1.165) is 25.3 Å². The summed E-state index contributed by atoms with van der Waals surface area (Å²) in [5.74, 6) is 0.865. The third-order valence-electron chi connectivity index (χ3n) is 4.27. The summed E-state index contributed by atoms with van der Waals surface area (Å²) in [6.07, 6.45) is 6.96. The number of ether oxygens (including phenoxy) is 1. The van der Waals surface area contributed by atoms with Gasteiger partial charge in [-0.05, 0) is 53.4 Å². The van der Waals surface area contributed by atoms with Crippen LogP contribution in [0.25, 0.3) is 0 Å². The summed E-state index contributed by atoms with van der Waals surface area (Å²) in [5.41, 5.74) is -0.452. The Morgan fingerprint density at radius 3 is 2.36 bits per heavy atom. The maximum Gasteiger partial charge on any atom is 0.410 e. The summed E-state index contributed by atoms with van der Waals surface area (Å²) in [5, 5.41) is 6.81. The van der Waals surface area contributed by atoms with Gasteiger partial charge in [-0.1, -0.05) is 12.8 Å². The van der Waals surface area contributed by atoms with Crippen LogP contribution in [0.2, 0.25) is 0 Å². The predicted octanol–water partition coefficient (Wildman–Crippen LogP) is 3.50. The summed E-state index contributed by atoms with van der Waals surface area (Å²) in [6.45, 7) is 9.84. The molecule has 0 heterocycles. The van der Waals surface area contributed by atoms with Gasteiger partial charge in [-0.3, -0.25) is 4.99 Å². The normalized spacial score (nSPS) is 18.5. The Hall–Kier alpha value is -0.730. The molecule has 1 amide bonds. The molecule has 6 nitrogen and oxygen atoms in total. The number of halogens is 1. The highest BCUT2D eigenvalue weighted by Crippen LogP contribution is 2.28. The maximum absolute atomic E-state index is 12.3. The van der Waals surface area contributed by atoms with E-state index in [4.69, 9.17) is 4.74 Å². The molecule has 2 fully saturated rings. The molecule has 0 aromatic rings. The van der Waals surface area contributed by atoms with Gasteiger partial charge < -0.3 is 20.3 Å². The summed E-state index contributed by atoms with van der Waals surface area (Å²) in [7, 11) is 0. The van der Waals surface area contributed by atoms with Crippen molar-refractivity contribution in [2.24, 2.45) is 4.99 Å². The molecule has 0 bridgehead atoms. The van der Waals surface area contributed by atoms with Crippen LogP contribution in [-0.4, -0.2) is 54.3 Å². The van der Waals surface area contributed by atoms with Gasteiger partial charge in [-0.15, -0.1) is 24.0 Å². The molecule has 0 aromatic heterocycles. The van der Waals surface area contributed by atoms with E-state index in [9.17, 15) is 4.79 Å². The van der Waals surface area contributed by atoms with Crippen LogP contribution in [0.4, 0.5) is 4.79 Å². The Bertz CT molecular complexity index is 441. The first kappa shape index (κ1) is 22.3. The van der Waals surface area contributed by atoms with Crippen molar-refractivity contribution < 1.29 is 9.53 Å². The molecule has 2 saturated carbocycles. The number of hydrogen-bond donors (Lipinski definition) is 2. The number of nitrogens with one attached hydrogen (secondary N) is 2. The lowest BCUT2D eigenvalue weighted by Gasteiger charge is -2.27. The van der Waals surface area contributed by atoms with E-state index in [2.05, 4.69) is 22.5 Å². The van der Waals surface area contributed by atoms with Crippen LogP contribution in [-0.2, 0) is 4.74 Å². The number of carbonyl (C=O) groups excluding carboxylic acids is 1. The highest BCUT2D eigenvalue weighted by molar-refractivity contribution is 14.0. The van der Waals surface area contributed by atoms with E-state index in [0.29, 0.717) is 25.2 Å². The smallest absolute Gasteiger partial charge is 0.410 e. The molecule has 2 aliphatic rings. The highest BCUT2D eigenvalue weighted by atomic mass is 127. The Balaban J connectivity index is 0.00000312. The van der Waals surface area contributed by atoms with Crippen LogP contribution in [0, 0.1) is 0 Å². The molecule has 0 aromatic carbocycles. The van der Waals surface area contributed by atoms with Gasteiger partial charge in [0.1, 0.15) is 5.60 Å². The largest absolute Gasteiger partial charge is 0.444 e. The Labute approximate surface area is 169 Å². The van der Waals surface area contributed by atoms with Crippen molar-refractivity contribution in [2.75, 3.05) is 19.6 Å². The Kier molecular flexibility index (Phi) is 9.30. The van der Waals surface area contributed by atoms with Crippen molar-refractivity contribution in [3.05, 3.63) is 0 Å². The van der Waals surface area contributed by atoms with Gasteiger partial charge in [-0.2, -0.15) is 0 Å². The fourth-order valence-corrected chi connectivity index (χ4v) is 2.98. The molecule has 0 aliphatic heterocycles. The lowest BCUT2D eigenvalue weighted by molar-refractivity contribution is 0.0240. The topological polar surface area (TPSA) is 66.0 Å². The quantitative estimate of drug-likeness (QED) is 0.357. The molecule has 146 valence electrons. The number of rotatable bonds is 6. The second kappa shape index (κ2) is 10.4. The van der Waals surface area contributed by atoms with E-state index in [1.165, 1.54) is 25.7 Å². The van der Waals surface area contributed by atoms with Gasteiger partial charge in [0.2, 0.25) is 0 Å². The molecule has 25 heavy (non-hydrogen) atoms. The number of aliphatic imine (C=N–C) groups is 1. The molecule has 2 aliphatic carbocycles. The molecule has 2 N–H and O–H groups in total. The monoisotopic (exact) mass is 466 g/mol. The Morgan fingerprint density at radius 2 is 1.84 bits per heavy atom. The molecule has 2 rings (SSSR count). The van der Waals surface area contributed by atoms with E-state index >= 15 is 0 Å². The van der Waals surface area contributed by atoms with Crippen LogP contribution in [0.3, 0.4) is 0 Å². The van der Waals surface area contributed by atoms with Crippen molar-refractivity contribution in [3.8, 4) is 0 Å². The molecule has 0 saturated heterocycles. The average Bonchev–Trinajstić information content (AvgIpc) is 3.18. The molecule has 0 atom stereocenters. The van der Waals surface area contributed by atoms with Crippen molar-refractivity contribution in [2.45, 2.75) is 83.9 Å². The van der Waals surface area contributed by atoms with Crippen molar-refractivity contribution in [1.29, 1.82) is 0 Å². The molecular formula is C18H35IN4O2. The van der Waals surface area contributed by atoms with Crippen LogP contribution in [0.15, 0.2) is 4.99 Å². The summed E-state index contributed by atoms with van der Waals surface area (Å²) in [4.78, 5) is 18.8. The molecule has 7 heteroatoms. The van der Waals surface area contributed by atoms with E-state index in [1.54, 1.807) is 0 Å². The van der Waals surface area contributed by atoms with Crippen molar-refractivity contribution >= 4 is 36.0 Å². The number of nitrogens with zero attached hydrogens (tertiary/aromatic N) is 2. The molecule has 0 spiro atoms. The minimum absolute atomic E-state index is 0. The maximum atomic E-state index is 12.3. The average molecular weight is 466 g/mol. The number of hydrogen-bond acceptors (Lipinski definition) is 3. The van der Waals surface area contributed by atoms with Crippen molar-refractivity contribution in [1.82, 2.24) is 15.5 Å². The fraction of sp³-hybridized carbons (Fsp3) is 0.889. The summed E-state index contributed by atoms with van der Waals surface area (Å²) >= 11 is 0. The summed E-state index contributed by atoms with van der Waals surface area (Å²) < 4.78 is 5.52. The van der Waals surface area contributed by atoms with Gasteiger partial charge in [0.15, 0.2) is 5.96 Å². The van der Waals surface area contributed by atoms with Gasteiger partial charge in [0, 0.05) is 25.2 Å². The zero-order valence-electron chi connectivity index (χ0n) is 16.1. The minimum atomic E-state index is -0.452. The Morgan fingerprint density at radius 1 is 1.20 bits per heavy atom. The van der Waals surface area contributed by atoms with Gasteiger partial charge in [-0.25, -0.2) is 4.79 Å². The van der Waals surface area contributed by atoms with Gasteiger partial charge in [0.05, 0.1) is 6.54 Å². The standard InChI is InChI=1S/C18H34N4O2.HI/c1-5-19-16(21-14-8-6-7-9-14)20-12-13-22(15-10-11-15)17(23)24-18(2,3)4;/h14-15H,5-13H2,1-4H3,(H2,19,20,21);1H. The van der Waals surface area contributed by atoms with Crippen LogP contribution < -0.4 is 10.6 Å². The van der Waals surface area contributed by atoms with Crippen molar-refractivity contribution in [3.63, 3.8) is 0 Å². The lowest BCUT2D eigenvalue weighted by Crippen LogP contribution is -2.43. The lowest BCUT2D eigenvalue weighted by atomic mass is 10.2. The number of carbonyl (C=O) groups is 1. The second-order valence-electron chi connectivity index (χ2n) is 7.79. The van der Waals surface area contributed by atoms with E-state index in [1.807, 2.05) is 25.7 Å².